The van der Waals surface area contributed by atoms with E-state index in [4.69, 9.17) is 52.1 Å². The number of aliphatic hydroxyl groups is 9. The van der Waals surface area contributed by atoms with Crippen LogP contribution in [0.5, 0.6) is 5.75 Å². The van der Waals surface area contributed by atoms with Gasteiger partial charge in [0, 0.05) is 125 Å². The van der Waals surface area contributed by atoms with Crippen LogP contribution >= 0.6 is 0 Å². The van der Waals surface area contributed by atoms with Crippen molar-refractivity contribution in [1.82, 2.24) is 53.2 Å². The van der Waals surface area contributed by atoms with Gasteiger partial charge in [0.05, 0.1) is 92.3 Å². The summed E-state index contributed by atoms with van der Waals surface area (Å²) in [4.78, 5) is 138. The van der Waals surface area contributed by atoms with E-state index in [9.17, 15) is 121 Å². The molecule has 19 N–H and O–H groups in total. The number of nitrogens with one attached hydrogen (secondary N) is 10. The molecule has 0 aliphatic carbocycles. The monoisotopic (exact) mass is 1770 g/mol. The van der Waals surface area contributed by atoms with Crippen molar-refractivity contribution in [2.45, 2.75) is 227 Å². The van der Waals surface area contributed by atoms with Crippen LogP contribution in [0.4, 0.5) is 22.0 Å². The summed E-state index contributed by atoms with van der Waals surface area (Å²) in [6.45, 7) is -0.416. The first-order valence-electron chi connectivity index (χ1n) is 40.3. The van der Waals surface area contributed by atoms with Gasteiger partial charge in [0.2, 0.25) is 93.9 Å². The van der Waals surface area contributed by atoms with Crippen LogP contribution in [-0.2, 0) is 105 Å². The zero-order valence-corrected chi connectivity index (χ0v) is 68.5. The summed E-state index contributed by atoms with van der Waals surface area (Å²) in [6.07, 6.45) is -14.4. The molecule has 0 aromatic heterocycles. The van der Waals surface area contributed by atoms with Gasteiger partial charge in [0.1, 0.15) is 78.6 Å². The van der Waals surface area contributed by atoms with Crippen molar-refractivity contribution in [1.29, 1.82) is 0 Å². The van der Waals surface area contributed by atoms with Crippen molar-refractivity contribution in [3.63, 3.8) is 0 Å². The molecule has 15 atom stereocenters. The number of halogens is 5. The molecule has 4 rings (SSSR count). The zero-order chi connectivity index (χ0) is 90.1. The predicted octanol–water partition coefficient (Wildman–Crippen LogP) is -5.56. The molecule has 3 heterocycles. The Morgan fingerprint density at radius 2 is 0.598 bits per heavy atom. The van der Waals surface area contributed by atoms with Crippen LogP contribution in [0.1, 0.15) is 130 Å². The molecule has 3 saturated heterocycles. The second-order valence-corrected chi connectivity index (χ2v) is 28.8. The van der Waals surface area contributed by atoms with Gasteiger partial charge in [-0.25, -0.2) is 13.2 Å². The third-order valence-corrected chi connectivity index (χ3v) is 18.6. The maximum Gasteiger partial charge on any atom is 0.313 e. The van der Waals surface area contributed by atoms with Gasteiger partial charge in [-0.1, -0.05) is 0 Å². The molecule has 1 aromatic carbocycles. The molecule has 0 unspecified atom stereocenters. The molecule has 1 aromatic rings. The third kappa shape index (κ3) is 40.0. The van der Waals surface area contributed by atoms with Crippen LogP contribution in [0.15, 0.2) is 0 Å². The lowest BCUT2D eigenvalue weighted by molar-refractivity contribution is -0.270. The number of amides is 10. The minimum absolute atomic E-state index is 0.0357. The summed E-state index contributed by atoms with van der Waals surface area (Å²) in [5.74, 6) is -19.6. The number of rotatable bonds is 62. The van der Waals surface area contributed by atoms with E-state index < -0.39 is 232 Å². The first-order chi connectivity index (χ1) is 58.3. The maximum atomic E-state index is 14.1. The number of esters is 1. The molecular formula is C75H121F5N10O32. The van der Waals surface area contributed by atoms with Crippen molar-refractivity contribution in [3.05, 3.63) is 29.1 Å². The van der Waals surface area contributed by atoms with E-state index in [0.29, 0.717) is 57.8 Å². The fourth-order valence-electron chi connectivity index (χ4n) is 12.1. The molecule has 0 bridgehead atoms. The molecule has 42 nitrogen and oxygen atoms in total. The molecule has 122 heavy (non-hydrogen) atoms. The van der Waals surface area contributed by atoms with E-state index in [0.717, 1.165) is 0 Å². The fourth-order valence-corrected chi connectivity index (χ4v) is 12.1. The van der Waals surface area contributed by atoms with Crippen molar-refractivity contribution in [3.8, 4) is 5.75 Å². The highest BCUT2D eigenvalue weighted by Crippen LogP contribution is 2.31. The largest absolute Gasteiger partial charge is 0.420 e. The van der Waals surface area contributed by atoms with Crippen LogP contribution in [0.25, 0.3) is 0 Å². The Labute approximate surface area is 700 Å². The topological polar surface area (TPSA) is 601 Å². The standard InChI is InChI=1S/C75H121F5N10O32/c1-43(94)87-62-68(108)65(105)46(37-91)119-72(62)116-27-7-4-13-49(97)81-21-10-24-84-52(100)16-31-113-40-75(90-55(103)19-30-111-35-36-112-34-20-56(104)122-71-60(79)58(77)57(76)59(78)61(71)80,41-114-32-17-53(101)85-25-11-22-82-50(98)14-5-8-28-117-73-63(88-44(2)95)69(109)66(106)47(38-92)120-73)42-115-33-18-54(102)86-26-12-23-83-51(99)15-6-9-29-118-74-64(89-45(3)96)70(110)67(107)48(39-93)121-74/h46-48,62-70,72-74,91-93,105-110H,4-42H2,1-3H3,(H,81,97)(H,82,98)(H,83,99)(H,84,100)(H,85,101)(H,86,102)(H,87,94)(H,88,95)(H,89,96)(H,90,103)/t46-,47-,48-,62-,63-,64-,65+,66+,67+,68-,69-,70-,72-,73-,74-/m1/s1. The van der Waals surface area contributed by atoms with Crippen molar-refractivity contribution >= 4 is 65.0 Å². The van der Waals surface area contributed by atoms with Crippen LogP contribution in [-0.4, -0.2) is 353 Å². The van der Waals surface area contributed by atoms with Gasteiger partial charge in [-0.3, -0.25) is 52.7 Å². The number of ether oxygens (including phenoxy) is 12. The molecule has 3 fully saturated rings. The smallest absolute Gasteiger partial charge is 0.313 e. The second kappa shape index (κ2) is 59.2. The van der Waals surface area contributed by atoms with Crippen molar-refractivity contribution in [2.24, 2.45) is 0 Å². The second-order valence-electron chi connectivity index (χ2n) is 28.8. The number of hydrogen-bond acceptors (Lipinski definition) is 32. The Hall–Kier alpha value is -7.76. The summed E-state index contributed by atoms with van der Waals surface area (Å²) in [5, 5.41) is 118. The summed E-state index contributed by atoms with van der Waals surface area (Å²) in [5.41, 5.74) is -1.63. The lowest BCUT2D eigenvalue weighted by atomic mass is 9.97. The van der Waals surface area contributed by atoms with Crippen LogP contribution in [0.3, 0.4) is 0 Å². The SMILES string of the molecule is CC(=O)N[C@H]1[C@H](OCCCCC(=O)NCCCNC(=O)CCOCC(COCCC(=O)NCCCNC(=O)CCCCO[C@@H]2O[C@H](CO)[C@H](O)[C@H](O)[C@H]2NC(C)=O)(COCCC(=O)NCCCNC(=O)CCCCO[C@@H]2O[C@H](CO)[C@H](O)[C@H](O)[C@H]2NC(C)=O)NC(=O)CCOCCOCCC(=O)Oc2c(F)c(F)c(F)c(F)c2F)O[C@H](CO)[C@H](O)[C@@H]1O. The van der Waals surface area contributed by atoms with Gasteiger partial charge in [-0.15, -0.1) is 0 Å². The molecule has 3 aliphatic heterocycles. The minimum Gasteiger partial charge on any atom is -0.420 e. The van der Waals surface area contributed by atoms with Gasteiger partial charge >= 0.3 is 5.97 Å². The number of carbonyl (C=O) groups is 11. The van der Waals surface area contributed by atoms with E-state index in [1.807, 2.05) is 0 Å². The Kier molecular flexibility index (Phi) is 51.7. The Morgan fingerprint density at radius 1 is 0.328 bits per heavy atom. The van der Waals surface area contributed by atoms with E-state index in [2.05, 4.69) is 57.9 Å². The highest BCUT2D eigenvalue weighted by Gasteiger charge is 2.48. The lowest BCUT2D eigenvalue weighted by Gasteiger charge is -2.42. The van der Waals surface area contributed by atoms with E-state index in [1.165, 1.54) is 20.8 Å². The van der Waals surface area contributed by atoms with E-state index in [1.54, 1.807) is 0 Å². The average molecular weight is 1770 g/mol. The molecular weight excluding hydrogens is 1650 g/mol. The van der Waals surface area contributed by atoms with Gasteiger partial charge in [0.25, 0.3) is 0 Å². The molecule has 3 aliphatic rings. The summed E-state index contributed by atoms with van der Waals surface area (Å²) < 4.78 is 136. The maximum absolute atomic E-state index is 14.1. The zero-order valence-electron chi connectivity index (χ0n) is 68.5. The molecule has 0 saturated carbocycles. The van der Waals surface area contributed by atoms with Crippen molar-refractivity contribution < 1.29 is 177 Å². The normalized spacial score (nSPS) is 22.7. The fraction of sp³-hybridized carbons (Fsp3) is 0.773. The van der Waals surface area contributed by atoms with Gasteiger partial charge in [0.15, 0.2) is 18.9 Å². The first-order valence-corrected chi connectivity index (χ1v) is 40.3. The minimum atomic E-state index is -2.46. The number of hydrogen-bond donors (Lipinski definition) is 19. The lowest BCUT2D eigenvalue weighted by Crippen LogP contribution is -2.64. The average Bonchev–Trinajstić information content (AvgIpc) is 0.822. The Morgan fingerprint density at radius 3 is 0.893 bits per heavy atom. The van der Waals surface area contributed by atoms with Gasteiger partial charge in [-0.2, -0.15) is 8.78 Å². The van der Waals surface area contributed by atoms with Crippen molar-refractivity contribution in [2.75, 3.05) is 145 Å². The predicted molar refractivity (Wildman–Crippen MR) is 407 cm³/mol. The number of carbonyl (C=O) groups excluding carboxylic acids is 11. The van der Waals surface area contributed by atoms with Crippen LogP contribution in [0, 0.1) is 29.1 Å². The Balaban J connectivity index is 1.32. The Bertz CT molecular complexity index is 3100. The van der Waals surface area contributed by atoms with Crippen LogP contribution < -0.4 is 57.9 Å². The molecule has 10 amide bonds. The highest BCUT2D eigenvalue weighted by molar-refractivity contribution is 5.79. The molecule has 47 heteroatoms. The summed E-state index contributed by atoms with van der Waals surface area (Å²) >= 11 is 0. The quantitative estimate of drug-likeness (QED) is 0.00722. The van der Waals surface area contributed by atoms with E-state index >= 15 is 0 Å². The number of unbranched alkanes of at least 4 members (excludes halogenated alkanes) is 3. The molecule has 698 valence electrons. The number of benzene rings is 1. The number of aliphatic hydroxyl groups excluding tert-OH is 9. The molecule has 0 radical (unpaired) electrons. The summed E-state index contributed by atoms with van der Waals surface area (Å²) in [7, 11) is 0. The highest BCUT2D eigenvalue weighted by atomic mass is 19.2. The molecule has 0 spiro atoms. The van der Waals surface area contributed by atoms with Gasteiger partial charge < -0.3 is 156 Å². The third-order valence-electron chi connectivity index (χ3n) is 18.6. The van der Waals surface area contributed by atoms with E-state index in [-0.39, 0.29) is 161 Å². The van der Waals surface area contributed by atoms with Gasteiger partial charge in [-0.05, 0) is 57.8 Å². The van der Waals surface area contributed by atoms with Crippen LogP contribution in [0.2, 0.25) is 0 Å². The summed E-state index contributed by atoms with van der Waals surface area (Å²) in [6, 6.07) is -3.39. The first kappa shape index (κ1) is 107.